The van der Waals surface area contributed by atoms with Crippen molar-refractivity contribution in [3.63, 3.8) is 0 Å². The Kier molecular flexibility index (Phi) is 5.28. The van der Waals surface area contributed by atoms with Crippen molar-refractivity contribution >= 4 is 8.53 Å². The highest BCUT2D eigenvalue weighted by molar-refractivity contribution is 7.44. The van der Waals surface area contributed by atoms with Crippen LogP contribution in [0.2, 0.25) is 0 Å². The van der Waals surface area contributed by atoms with Gasteiger partial charge < -0.3 is 13.9 Å². The van der Waals surface area contributed by atoms with Crippen LogP contribution in [0, 0.1) is 0 Å². The first-order valence-electron chi connectivity index (χ1n) is 5.13. The normalized spacial score (nSPS) is 25.9. The molecule has 1 aliphatic rings. The molecule has 0 bridgehead atoms. The fourth-order valence-corrected chi connectivity index (χ4v) is 2.91. The summed E-state index contributed by atoms with van der Waals surface area (Å²) in [5.74, 6) is 0. The van der Waals surface area contributed by atoms with Gasteiger partial charge in [0.1, 0.15) is 0 Å². The van der Waals surface area contributed by atoms with E-state index in [1.807, 2.05) is 0 Å². The van der Waals surface area contributed by atoms with Gasteiger partial charge in [0.15, 0.2) is 0 Å². The summed E-state index contributed by atoms with van der Waals surface area (Å²) in [6, 6.07) is 0. The molecule has 84 valence electrons. The predicted molar refractivity (Wildman–Crippen MR) is 59.2 cm³/mol. The Morgan fingerprint density at radius 2 is 2.29 bits per heavy atom. The second-order valence-electron chi connectivity index (χ2n) is 3.80. The van der Waals surface area contributed by atoms with Crippen LogP contribution in [-0.4, -0.2) is 56.0 Å². The van der Waals surface area contributed by atoms with Gasteiger partial charge >= 0.3 is 0 Å². The summed E-state index contributed by atoms with van der Waals surface area (Å²) < 4.78 is 13.7. The average Bonchev–Trinajstić information content (AvgIpc) is 2.50. The van der Waals surface area contributed by atoms with E-state index in [0.717, 1.165) is 26.2 Å². The number of nitrogens with zero attached hydrogens (tertiary/aromatic N) is 2. The van der Waals surface area contributed by atoms with Crippen LogP contribution >= 0.6 is 8.53 Å². The molecule has 0 radical (unpaired) electrons. The lowest BCUT2D eigenvalue weighted by atomic mass is 10.4. The Hall–Kier alpha value is 0.270. The third-order valence-corrected chi connectivity index (χ3v) is 3.93. The van der Waals surface area contributed by atoms with Crippen molar-refractivity contribution in [1.82, 2.24) is 9.57 Å². The highest BCUT2D eigenvalue weighted by Crippen LogP contribution is 2.47. The molecule has 1 aliphatic heterocycles. The third kappa shape index (κ3) is 3.79. The van der Waals surface area contributed by atoms with Gasteiger partial charge in [-0.1, -0.05) is 6.92 Å². The largest absolute Gasteiger partial charge is 0.321 e. The minimum absolute atomic E-state index is 0.239. The number of hydrogen-bond acceptors (Lipinski definition) is 4. The fourth-order valence-electron chi connectivity index (χ4n) is 1.46. The number of hydrogen-bond donors (Lipinski definition) is 0. The van der Waals surface area contributed by atoms with E-state index in [0.29, 0.717) is 0 Å². The van der Waals surface area contributed by atoms with Crippen LogP contribution in [0.3, 0.4) is 0 Å². The summed E-state index contributed by atoms with van der Waals surface area (Å²) in [6.45, 7) is 8.02. The molecule has 0 aromatic rings. The van der Waals surface area contributed by atoms with Crippen molar-refractivity contribution in [1.29, 1.82) is 0 Å². The zero-order valence-corrected chi connectivity index (χ0v) is 10.5. The van der Waals surface area contributed by atoms with Gasteiger partial charge in [0.05, 0.1) is 12.7 Å². The molecule has 1 saturated heterocycles. The second-order valence-corrected chi connectivity index (χ2v) is 5.31. The highest BCUT2D eigenvalue weighted by atomic mass is 31.2. The Balaban J connectivity index is 2.28. The predicted octanol–water partition coefficient (Wildman–Crippen LogP) is 1.53. The lowest BCUT2D eigenvalue weighted by molar-refractivity contribution is 0.162. The highest BCUT2D eigenvalue weighted by Gasteiger charge is 2.27. The van der Waals surface area contributed by atoms with Gasteiger partial charge in [0.25, 0.3) is 8.53 Å². The fraction of sp³-hybridized carbons (Fsp3) is 1.00. The minimum atomic E-state index is -0.772. The Morgan fingerprint density at radius 1 is 1.57 bits per heavy atom. The first-order valence-corrected chi connectivity index (χ1v) is 6.26. The van der Waals surface area contributed by atoms with Gasteiger partial charge in [-0.3, -0.25) is 0 Å². The van der Waals surface area contributed by atoms with E-state index in [1.165, 1.54) is 0 Å². The van der Waals surface area contributed by atoms with Gasteiger partial charge in [-0.25, -0.2) is 4.67 Å². The van der Waals surface area contributed by atoms with Gasteiger partial charge in [0, 0.05) is 19.6 Å². The SMILES string of the molecule is CCN1CCOP1OC(C)CN(C)C. The summed E-state index contributed by atoms with van der Waals surface area (Å²) in [4.78, 5) is 2.13. The van der Waals surface area contributed by atoms with Gasteiger partial charge in [0.2, 0.25) is 0 Å². The van der Waals surface area contributed by atoms with E-state index in [-0.39, 0.29) is 6.10 Å². The minimum Gasteiger partial charge on any atom is -0.321 e. The van der Waals surface area contributed by atoms with Gasteiger partial charge in [-0.15, -0.1) is 0 Å². The molecule has 1 rings (SSSR count). The molecule has 14 heavy (non-hydrogen) atoms. The molecule has 0 aliphatic carbocycles. The van der Waals surface area contributed by atoms with Crippen molar-refractivity contribution in [2.45, 2.75) is 20.0 Å². The molecular formula is C9H21N2O2P. The molecule has 0 aromatic heterocycles. The van der Waals surface area contributed by atoms with Crippen LogP contribution in [0.4, 0.5) is 0 Å². The van der Waals surface area contributed by atoms with Gasteiger partial charge in [-0.05, 0) is 21.0 Å². The molecule has 0 amide bonds. The Morgan fingerprint density at radius 3 is 2.86 bits per heavy atom. The molecule has 4 nitrogen and oxygen atoms in total. The van der Waals surface area contributed by atoms with Crippen molar-refractivity contribution in [3.05, 3.63) is 0 Å². The van der Waals surface area contributed by atoms with E-state index in [4.69, 9.17) is 9.05 Å². The molecule has 1 fully saturated rings. The Bertz CT molecular complexity index is 169. The number of rotatable bonds is 5. The van der Waals surface area contributed by atoms with E-state index >= 15 is 0 Å². The van der Waals surface area contributed by atoms with E-state index < -0.39 is 8.53 Å². The zero-order valence-electron chi connectivity index (χ0n) is 9.56. The lowest BCUT2D eigenvalue weighted by Crippen LogP contribution is -2.26. The molecule has 0 saturated carbocycles. The summed E-state index contributed by atoms with van der Waals surface area (Å²) in [6.07, 6.45) is 0.239. The summed E-state index contributed by atoms with van der Waals surface area (Å²) >= 11 is 0. The number of likely N-dealkylation sites (N-methyl/N-ethyl adjacent to an activating group) is 2. The molecule has 2 atom stereocenters. The third-order valence-electron chi connectivity index (χ3n) is 2.04. The Labute approximate surface area is 88.1 Å². The standard InChI is InChI=1S/C9H21N2O2P/c1-5-11-6-7-12-14(11)13-9(2)8-10(3)4/h9H,5-8H2,1-4H3. The van der Waals surface area contributed by atoms with Crippen LogP contribution in [0.1, 0.15) is 13.8 Å². The van der Waals surface area contributed by atoms with Crippen LogP contribution < -0.4 is 0 Å². The topological polar surface area (TPSA) is 24.9 Å². The first kappa shape index (κ1) is 12.3. The maximum atomic E-state index is 5.85. The molecule has 0 spiro atoms. The second kappa shape index (κ2) is 5.99. The lowest BCUT2D eigenvalue weighted by Gasteiger charge is -2.24. The monoisotopic (exact) mass is 220 g/mol. The molecular weight excluding hydrogens is 199 g/mol. The summed E-state index contributed by atoms with van der Waals surface area (Å²) in [5.41, 5.74) is 0. The molecule has 2 unspecified atom stereocenters. The average molecular weight is 220 g/mol. The van der Waals surface area contributed by atoms with Crippen molar-refractivity contribution in [2.24, 2.45) is 0 Å². The summed E-state index contributed by atoms with van der Waals surface area (Å²) in [5, 5.41) is 0. The van der Waals surface area contributed by atoms with Crippen molar-refractivity contribution in [3.8, 4) is 0 Å². The molecule has 0 N–H and O–H groups in total. The molecule has 0 aromatic carbocycles. The van der Waals surface area contributed by atoms with Crippen molar-refractivity contribution in [2.75, 3.05) is 40.3 Å². The van der Waals surface area contributed by atoms with E-state index in [2.05, 4.69) is 37.5 Å². The van der Waals surface area contributed by atoms with Gasteiger partial charge in [-0.2, -0.15) is 0 Å². The van der Waals surface area contributed by atoms with E-state index in [1.54, 1.807) is 0 Å². The van der Waals surface area contributed by atoms with Crippen molar-refractivity contribution < 1.29 is 9.05 Å². The summed E-state index contributed by atoms with van der Waals surface area (Å²) in [7, 11) is 3.34. The maximum absolute atomic E-state index is 5.85. The molecule has 5 heteroatoms. The van der Waals surface area contributed by atoms with Crippen LogP contribution in [0.25, 0.3) is 0 Å². The first-order chi connectivity index (χ1) is 6.63. The van der Waals surface area contributed by atoms with Crippen LogP contribution in [0.5, 0.6) is 0 Å². The maximum Gasteiger partial charge on any atom is 0.259 e. The van der Waals surface area contributed by atoms with E-state index in [9.17, 15) is 0 Å². The van der Waals surface area contributed by atoms with Crippen LogP contribution in [0.15, 0.2) is 0 Å². The van der Waals surface area contributed by atoms with Crippen LogP contribution in [-0.2, 0) is 9.05 Å². The smallest absolute Gasteiger partial charge is 0.259 e. The molecule has 1 heterocycles. The zero-order chi connectivity index (χ0) is 10.6. The quantitative estimate of drug-likeness (QED) is 0.656.